The first kappa shape index (κ1) is 18.9. The number of ether oxygens (including phenoxy) is 1. The lowest BCUT2D eigenvalue weighted by Crippen LogP contribution is -2.12. The SMILES string of the molecule is O=C(O)C1=C2C(=C(c3ccccc3OCC#CCO)C1=O)c1cccc3cccc2c13. The quantitative estimate of drug-likeness (QED) is 0.510. The molecule has 0 radical (unpaired) electrons. The van der Waals surface area contributed by atoms with Crippen LogP contribution in [0, 0.1) is 11.8 Å². The van der Waals surface area contributed by atoms with Gasteiger partial charge in [-0.05, 0) is 28.0 Å². The zero-order valence-electron chi connectivity index (χ0n) is 16.3. The zero-order chi connectivity index (χ0) is 21.5. The van der Waals surface area contributed by atoms with Gasteiger partial charge in [-0.3, -0.25) is 4.79 Å². The molecular weight excluding hydrogens is 392 g/mol. The minimum Gasteiger partial charge on any atom is -0.480 e. The van der Waals surface area contributed by atoms with Gasteiger partial charge in [0.1, 0.15) is 24.5 Å². The molecule has 0 fully saturated rings. The molecule has 0 atom stereocenters. The third-order valence-electron chi connectivity index (χ3n) is 5.52. The third kappa shape index (κ3) is 2.77. The second kappa shape index (κ2) is 7.28. The van der Waals surface area contributed by atoms with Crippen molar-refractivity contribution in [3.63, 3.8) is 0 Å². The fraction of sp³-hybridized carbons (Fsp3) is 0.0769. The second-order valence-corrected chi connectivity index (χ2v) is 7.14. The van der Waals surface area contributed by atoms with E-state index in [1.165, 1.54) is 0 Å². The second-order valence-electron chi connectivity index (χ2n) is 7.14. The lowest BCUT2D eigenvalue weighted by molar-refractivity contribution is -0.133. The molecule has 2 aliphatic carbocycles. The predicted molar refractivity (Wildman–Crippen MR) is 117 cm³/mol. The van der Waals surface area contributed by atoms with Crippen LogP contribution in [0.4, 0.5) is 0 Å². The van der Waals surface area contributed by atoms with E-state index in [1.807, 2.05) is 36.4 Å². The Balaban J connectivity index is 1.77. The van der Waals surface area contributed by atoms with E-state index in [9.17, 15) is 14.7 Å². The number of hydrogen-bond acceptors (Lipinski definition) is 4. The number of allylic oxidation sites excluding steroid dienone is 3. The smallest absolute Gasteiger partial charge is 0.340 e. The van der Waals surface area contributed by atoms with Gasteiger partial charge in [0, 0.05) is 22.3 Å². The number of carboxylic acid groups (broad SMARTS) is 1. The Hall–Kier alpha value is -4.14. The Morgan fingerprint density at radius 1 is 0.839 bits per heavy atom. The number of hydrogen-bond donors (Lipinski definition) is 2. The lowest BCUT2D eigenvalue weighted by Gasteiger charge is -2.12. The van der Waals surface area contributed by atoms with Crippen LogP contribution in [0.3, 0.4) is 0 Å². The summed E-state index contributed by atoms with van der Waals surface area (Å²) in [5, 5.41) is 20.7. The summed E-state index contributed by atoms with van der Waals surface area (Å²) in [4.78, 5) is 25.6. The monoisotopic (exact) mass is 408 g/mol. The molecule has 5 heteroatoms. The summed E-state index contributed by atoms with van der Waals surface area (Å²) in [6, 6.07) is 18.5. The number of para-hydroxylation sites is 1. The van der Waals surface area contributed by atoms with Crippen molar-refractivity contribution in [2.45, 2.75) is 0 Å². The van der Waals surface area contributed by atoms with Gasteiger partial charge in [0.05, 0.1) is 0 Å². The van der Waals surface area contributed by atoms with Crippen LogP contribution in [0.5, 0.6) is 5.75 Å². The van der Waals surface area contributed by atoms with E-state index < -0.39 is 11.8 Å². The first-order chi connectivity index (χ1) is 15.1. The van der Waals surface area contributed by atoms with Gasteiger partial charge in [0.25, 0.3) is 0 Å². The first-order valence-corrected chi connectivity index (χ1v) is 9.71. The molecule has 2 aliphatic rings. The molecule has 0 heterocycles. The molecule has 0 amide bonds. The fourth-order valence-electron chi connectivity index (χ4n) is 4.38. The van der Waals surface area contributed by atoms with E-state index in [1.54, 1.807) is 24.3 Å². The maximum atomic E-state index is 13.4. The fourth-order valence-corrected chi connectivity index (χ4v) is 4.38. The molecule has 150 valence electrons. The number of aliphatic carboxylic acids is 1. The van der Waals surface area contributed by atoms with Crippen LogP contribution >= 0.6 is 0 Å². The van der Waals surface area contributed by atoms with Crippen molar-refractivity contribution >= 4 is 39.2 Å². The van der Waals surface area contributed by atoms with Gasteiger partial charge in [-0.1, -0.05) is 66.4 Å². The Bertz CT molecular complexity index is 1410. The number of carbonyl (C=O) groups excluding carboxylic acids is 1. The highest BCUT2D eigenvalue weighted by Crippen LogP contribution is 2.55. The maximum absolute atomic E-state index is 13.4. The topological polar surface area (TPSA) is 83.8 Å². The van der Waals surface area contributed by atoms with Crippen LogP contribution in [-0.2, 0) is 9.59 Å². The van der Waals surface area contributed by atoms with Gasteiger partial charge in [-0.2, -0.15) is 0 Å². The van der Waals surface area contributed by atoms with Gasteiger partial charge in [-0.25, -0.2) is 4.79 Å². The van der Waals surface area contributed by atoms with E-state index in [4.69, 9.17) is 9.84 Å². The van der Waals surface area contributed by atoms with Crippen LogP contribution in [-0.4, -0.2) is 35.2 Å². The zero-order valence-corrected chi connectivity index (χ0v) is 16.3. The van der Waals surface area contributed by atoms with Crippen LogP contribution in [0.15, 0.2) is 66.2 Å². The van der Waals surface area contributed by atoms with Crippen molar-refractivity contribution in [1.29, 1.82) is 0 Å². The number of rotatable bonds is 4. The average Bonchev–Trinajstić information content (AvgIpc) is 3.25. The molecule has 0 aliphatic heterocycles. The normalized spacial score (nSPS) is 14.0. The Labute approximate surface area is 177 Å². The lowest BCUT2D eigenvalue weighted by atomic mass is 9.94. The molecule has 0 bridgehead atoms. The highest BCUT2D eigenvalue weighted by molar-refractivity contribution is 6.55. The molecule has 0 saturated heterocycles. The van der Waals surface area contributed by atoms with E-state index >= 15 is 0 Å². The number of carboxylic acids is 1. The number of benzene rings is 3. The van der Waals surface area contributed by atoms with E-state index in [0.29, 0.717) is 28.0 Å². The molecule has 0 spiro atoms. The summed E-state index contributed by atoms with van der Waals surface area (Å²) in [6.07, 6.45) is 0. The van der Waals surface area contributed by atoms with Gasteiger partial charge >= 0.3 is 5.97 Å². The minimum atomic E-state index is -1.25. The number of ketones is 1. The molecule has 3 aromatic rings. The standard InChI is InChI=1S/C26H16O5/c27-13-3-4-14-31-19-12-2-1-9-16(19)23-21-17-10-5-7-15-8-6-11-18(20(15)17)22(21)24(25(23)28)26(29)30/h1-2,5-12,27H,13-14H2,(H,29,30). The molecule has 31 heavy (non-hydrogen) atoms. The van der Waals surface area contributed by atoms with Crippen molar-refractivity contribution in [2.75, 3.05) is 13.2 Å². The number of fused-ring (bicyclic) bond motifs is 3. The largest absolute Gasteiger partial charge is 0.480 e. The van der Waals surface area contributed by atoms with Crippen LogP contribution in [0.2, 0.25) is 0 Å². The number of aliphatic hydroxyl groups is 1. The van der Waals surface area contributed by atoms with E-state index in [2.05, 4.69) is 11.8 Å². The summed E-state index contributed by atoms with van der Waals surface area (Å²) in [7, 11) is 0. The molecule has 0 unspecified atom stereocenters. The van der Waals surface area contributed by atoms with Crippen molar-refractivity contribution in [1.82, 2.24) is 0 Å². The molecule has 2 N–H and O–H groups in total. The third-order valence-corrected chi connectivity index (χ3v) is 5.52. The van der Waals surface area contributed by atoms with Crippen molar-refractivity contribution < 1.29 is 24.5 Å². The first-order valence-electron chi connectivity index (χ1n) is 9.71. The number of Topliss-reactive ketones (excluding diaryl/α,β-unsaturated/α-hetero) is 1. The summed E-state index contributed by atoms with van der Waals surface area (Å²) in [5.41, 5.74) is 3.33. The molecule has 5 rings (SSSR count). The maximum Gasteiger partial charge on any atom is 0.340 e. The molecular formula is C26H16O5. The Morgan fingerprint density at radius 2 is 1.52 bits per heavy atom. The van der Waals surface area contributed by atoms with Gasteiger partial charge in [0.2, 0.25) is 5.78 Å². The predicted octanol–water partition coefficient (Wildman–Crippen LogP) is 3.56. The molecule has 0 saturated carbocycles. The minimum absolute atomic E-state index is 0.0380. The highest BCUT2D eigenvalue weighted by atomic mass is 16.5. The summed E-state index contributed by atoms with van der Waals surface area (Å²) in [5.74, 6) is 3.86. The number of carbonyl (C=O) groups is 2. The van der Waals surface area contributed by atoms with Crippen LogP contribution < -0.4 is 4.74 Å². The van der Waals surface area contributed by atoms with E-state index in [0.717, 1.165) is 21.9 Å². The van der Waals surface area contributed by atoms with Crippen molar-refractivity contribution in [3.8, 4) is 17.6 Å². The Morgan fingerprint density at radius 3 is 2.23 bits per heavy atom. The van der Waals surface area contributed by atoms with Crippen molar-refractivity contribution in [2.24, 2.45) is 0 Å². The number of aliphatic hydroxyl groups excluding tert-OH is 1. The summed E-state index contributed by atoms with van der Waals surface area (Å²) < 4.78 is 5.76. The summed E-state index contributed by atoms with van der Waals surface area (Å²) in [6.45, 7) is -0.230. The van der Waals surface area contributed by atoms with E-state index in [-0.39, 0.29) is 18.8 Å². The van der Waals surface area contributed by atoms with Gasteiger partial charge < -0.3 is 14.9 Å². The Kier molecular flexibility index (Phi) is 4.43. The van der Waals surface area contributed by atoms with Crippen LogP contribution in [0.1, 0.15) is 16.7 Å². The molecule has 0 aromatic heterocycles. The van der Waals surface area contributed by atoms with Gasteiger partial charge in [-0.15, -0.1) is 0 Å². The van der Waals surface area contributed by atoms with Crippen molar-refractivity contribution in [3.05, 3.63) is 82.9 Å². The summed E-state index contributed by atoms with van der Waals surface area (Å²) >= 11 is 0. The van der Waals surface area contributed by atoms with Gasteiger partial charge in [0.15, 0.2) is 0 Å². The highest BCUT2D eigenvalue weighted by Gasteiger charge is 2.42. The molecule has 3 aromatic carbocycles. The molecule has 5 nitrogen and oxygen atoms in total. The average molecular weight is 408 g/mol. The van der Waals surface area contributed by atoms with Crippen LogP contribution in [0.25, 0.3) is 27.5 Å².